The van der Waals surface area contributed by atoms with Crippen LogP contribution in [0.2, 0.25) is 0 Å². The Morgan fingerprint density at radius 1 is 1.29 bits per heavy atom. The van der Waals surface area contributed by atoms with Gasteiger partial charge in [-0.1, -0.05) is 12.1 Å². The van der Waals surface area contributed by atoms with Crippen molar-refractivity contribution in [3.05, 3.63) is 29.3 Å². The van der Waals surface area contributed by atoms with Crippen LogP contribution in [0.4, 0.5) is 0 Å². The van der Waals surface area contributed by atoms with Gasteiger partial charge in [-0.2, -0.15) is 0 Å². The van der Waals surface area contributed by atoms with Gasteiger partial charge in [0.25, 0.3) is 0 Å². The standard InChI is InChI=1S/C17H25NO3/c1-11-6-7-12(15(8-11)20-5)13-9-18-10-14(13)16(19)21-17(2,3)4/h6-8,13-14,18H,9-10H2,1-5H3. The zero-order chi connectivity index (χ0) is 15.6. The number of nitrogens with one attached hydrogen (secondary N) is 1. The van der Waals surface area contributed by atoms with E-state index in [9.17, 15) is 4.79 Å². The molecule has 2 atom stereocenters. The van der Waals surface area contributed by atoms with E-state index in [0.29, 0.717) is 6.54 Å². The molecule has 0 amide bonds. The number of benzene rings is 1. The lowest BCUT2D eigenvalue weighted by molar-refractivity contribution is -0.159. The molecule has 1 aliphatic rings. The summed E-state index contributed by atoms with van der Waals surface area (Å²) < 4.78 is 11.0. The summed E-state index contributed by atoms with van der Waals surface area (Å²) in [7, 11) is 1.67. The quantitative estimate of drug-likeness (QED) is 0.870. The third kappa shape index (κ3) is 3.76. The molecule has 1 heterocycles. The van der Waals surface area contributed by atoms with Gasteiger partial charge in [0.2, 0.25) is 0 Å². The molecule has 1 fully saturated rings. The third-order valence-corrected chi connectivity index (χ3v) is 3.71. The van der Waals surface area contributed by atoms with Gasteiger partial charge in [0.1, 0.15) is 11.4 Å². The summed E-state index contributed by atoms with van der Waals surface area (Å²) >= 11 is 0. The van der Waals surface area contributed by atoms with E-state index in [4.69, 9.17) is 9.47 Å². The van der Waals surface area contributed by atoms with Crippen molar-refractivity contribution in [3.8, 4) is 5.75 Å². The van der Waals surface area contributed by atoms with Crippen LogP contribution in [0.1, 0.15) is 37.8 Å². The Morgan fingerprint density at radius 3 is 2.62 bits per heavy atom. The zero-order valence-electron chi connectivity index (χ0n) is 13.5. The van der Waals surface area contributed by atoms with E-state index in [1.165, 1.54) is 0 Å². The van der Waals surface area contributed by atoms with Crippen molar-refractivity contribution in [2.24, 2.45) is 5.92 Å². The molecule has 0 aromatic heterocycles. The number of esters is 1. The van der Waals surface area contributed by atoms with Crippen LogP contribution in [0, 0.1) is 12.8 Å². The molecule has 4 heteroatoms. The molecule has 0 radical (unpaired) electrons. The molecule has 116 valence electrons. The highest BCUT2D eigenvalue weighted by Crippen LogP contribution is 2.36. The molecule has 1 aromatic rings. The van der Waals surface area contributed by atoms with Gasteiger partial charge in [0, 0.05) is 19.0 Å². The van der Waals surface area contributed by atoms with Crippen molar-refractivity contribution in [2.45, 2.75) is 39.2 Å². The number of rotatable bonds is 3. The minimum absolute atomic E-state index is 0.0930. The van der Waals surface area contributed by atoms with Crippen LogP contribution >= 0.6 is 0 Å². The van der Waals surface area contributed by atoms with Crippen molar-refractivity contribution in [2.75, 3.05) is 20.2 Å². The van der Waals surface area contributed by atoms with Gasteiger partial charge in [0.05, 0.1) is 13.0 Å². The van der Waals surface area contributed by atoms with E-state index in [0.717, 1.165) is 23.4 Å². The van der Waals surface area contributed by atoms with E-state index in [1.807, 2.05) is 33.8 Å². The van der Waals surface area contributed by atoms with Crippen molar-refractivity contribution in [1.29, 1.82) is 0 Å². The SMILES string of the molecule is COc1cc(C)ccc1C1CNCC1C(=O)OC(C)(C)C. The number of ether oxygens (including phenoxy) is 2. The van der Waals surface area contributed by atoms with Crippen LogP contribution in [0.5, 0.6) is 5.75 Å². The predicted octanol–water partition coefficient (Wildman–Crippen LogP) is 2.65. The third-order valence-electron chi connectivity index (χ3n) is 3.71. The Hall–Kier alpha value is -1.55. The number of carbonyl (C=O) groups excluding carboxylic acids is 1. The molecule has 2 rings (SSSR count). The summed E-state index contributed by atoms with van der Waals surface area (Å²) in [5.74, 6) is 0.633. The van der Waals surface area contributed by atoms with Crippen molar-refractivity contribution in [1.82, 2.24) is 5.32 Å². The van der Waals surface area contributed by atoms with Gasteiger partial charge in [-0.05, 0) is 44.9 Å². The second-order valence-electron chi connectivity index (χ2n) is 6.65. The first kappa shape index (κ1) is 15.8. The molecule has 0 aliphatic carbocycles. The van der Waals surface area contributed by atoms with Crippen LogP contribution in [0.25, 0.3) is 0 Å². The average molecular weight is 291 g/mol. The predicted molar refractivity (Wildman–Crippen MR) is 82.7 cm³/mol. The Labute approximate surface area is 126 Å². The van der Waals surface area contributed by atoms with Crippen LogP contribution in [0.3, 0.4) is 0 Å². The first-order valence-electron chi connectivity index (χ1n) is 7.40. The van der Waals surface area contributed by atoms with Gasteiger partial charge in [-0.15, -0.1) is 0 Å². The lowest BCUT2D eigenvalue weighted by atomic mass is 9.87. The van der Waals surface area contributed by atoms with Crippen molar-refractivity contribution >= 4 is 5.97 Å². The lowest BCUT2D eigenvalue weighted by Gasteiger charge is -2.25. The largest absolute Gasteiger partial charge is 0.496 e. The molecule has 0 bridgehead atoms. The highest BCUT2D eigenvalue weighted by molar-refractivity contribution is 5.75. The highest BCUT2D eigenvalue weighted by atomic mass is 16.6. The molecular weight excluding hydrogens is 266 g/mol. The number of hydrogen-bond donors (Lipinski definition) is 1. The topological polar surface area (TPSA) is 47.6 Å². The molecule has 4 nitrogen and oxygen atoms in total. The average Bonchev–Trinajstić information content (AvgIpc) is 2.85. The van der Waals surface area contributed by atoms with Crippen molar-refractivity contribution < 1.29 is 14.3 Å². The molecule has 21 heavy (non-hydrogen) atoms. The molecule has 1 aromatic carbocycles. The van der Waals surface area contributed by atoms with Gasteiger partial charge >= 0.3 is 5.97 Å². The van der Waals surface area contributed by atoms with Crippen LogP contribution < -0.4 is 10.1 Å². The highest BCUT2D eigenvalue weighted by Gasteiger charge is 2.38. The summed E-state index contributed by atoms with van der Waals surface area (Å²) in [5.41, 5.74) is 1.76. The van der Waals surface area contributed by atoms with Gasteiger partial charge < -0.3 is 14.8 Å². The fraction of sp³-hybridized carbons (Fsp3) is 0.588. The second-order valence-corrected chi connectivity index (χ2v) is 6.65. The number of carbonyl (C=O) groups is 1. The van der Waals surface area contributed by atoms with E-state index in [1.54, 1.807) is 7.11 Å². The number of methoxy groups -OCH3 is 1. The molecule has 0 spiro atoms. The fourth-order valence-electron chi connectivity index (χ4n) is 2.76. The zero-order valence-corrected chi connectivity index (χ0v) is 13.5. The first-order chi connectivity index (χ1) is 9.81. The van der Waals surface area contributed by atoms with Crippen LogP contribution in [0.15, 0.2) is 18.2 Å². The van der Waals surface area contributed by atoms with Crippen molar-refractivity contribution in [3.63, 3.8) is 0 Å². The normalized spacial score (nSPS) is 22.1. The van der Waals surface area contributed by atoms with Crippen LogP contribution in [-0.2, 0) is 9.53 Å². The van der Waals surface area contributed by atoms with E-state index in [-0.39, 0.29) is 17.8 Å². The second kappa shape index (κ2) is 6.06. The van der Waals surface area contributed by atoms with Gasteiger partial charge in [0.15, 0.2) is 0 Å². The Morgan fingerprint density at radius 2 is 2.00 bits per heavy atom. The summed E-state index contributed by atoms with van der Waals surface area (Å²) in [4.78, 5) is 12.4. The molecule has 1 aliphatic heterocycles. The molecule has 1 N–H and O–H groups in total. The maximum Gasteiger partial charge on any atom is 0.311 e. The number of aryl methyl sites for hydroxylation is 1. The summed E-state index contributed by atoms with van der Waals surface area (Å²) in [5, 5.41) is 3.30. The summed E-state index contributed by atoms with van der Waals surface area (Å²) in [6, 6.07) is 6.13. The van der Waals surface area contributed by atoms with Crippen LogP contribution in [-0.4, -0.2) is 31.8 Å². The smallest absolute Gasteiger partial charge is 0.311 e. The maximum absolute atomic E-state index is 12.4. The van der Waals surface area contributed by atoms with Gasteiger partial charge in [-0.25, -0.2) is 0 Å². The van der Waals surface area contributed by atoms with E-state index in [2.05, 4.69) is 17.4 Å². The molecular formula is C17H25NO3. The Bertz CT molecular complexity index is 519. The molecule has 2 unspecified atom stereocenters. The first-order valence-corrected chi connectivity index (χ1v) is 7.40. The summed E-state index contributed by atoms with van der Waals surface area (Å²) in [6.45, 7) is 9.14. The summed E-state index contributed by atoms with van der Waals surface area (Å²) in [6.07, 6.45) is 0. The lowest BCUT2D eigenvalue weighted by Crippen LogP contribution is -2.31. The fourth-order valence-corrected chi connectivity index (χ4v) is 2.76. The molecule has 1 saturated heterocycles. The van der Waals surface area contributed by atoms with Gasteiger partial charge in [-0.3, -0.25) is 4.79 Å². The van der Waals surface area contributed by atoms with E-state index < -0.39 is 5.60 Å². The number of hydrogen-bond acceptors (Lipinski definition) is 4. The Balaban J connectivity index is 2.24. The van der Waals surface area contributed by atoms with E-state index >= 15 is 0 Å². The molecule has 0 saturated carbocycles. The minimum Gasteiger partial charge on any atom is -0.496 e. The monoisotopic (exact) mass is 291 g/mol. The maximum atomic E-state index is 12.4. The minimum atomic E-state index is -0.457. The Kier molecular flexibility index (Phi) is 4.57.